The predicted molar refractivity (Wildman–Crippen MR) is 90.4 cm³/mol. The summed E-state index contributed by atoms with van der Waals surface area (Å²) in [5.74, 6) is 1.05. The molecule has 0 aliphatic rings. The lowest BCUT2D eigenvalue weighted by atomic mass is 10.1. The van der Waals surface area contributed by atoms with Crippen molar-refractivity contribution in [3.8, 4) is 0 Å². The Labute approximate surface area is 127 Å². The molecule has 0 bridgehead atoms. The molecule has 0 saturated heterocycles. The van der Waals surface area contributed by atoms with E-state index in [2.05, 4.69) is 19.6 Å². The molecule has 1 nitrogen and oxygen atoms in total. The van der Waals surface area contributed by atoms with E-state index in [1.54, 1.807) is 0 Å². The molecule has 0 spiro atoms. The van der Waals surface area contributed by atoms with E-state index in [0.29, 0.717) is 0 Å². The van der Waals surface area contributed by atoms with Crippen LogP contribution in [0.4, 0.5) is 0 Å². The third-order valence-corrected chi connectivity index (χ3v) is 3.91. The highest BCUT2D eigenvalue weighted by atomic mass is 32.1. The fraction of sp³-hybridized carbons (Fsp3) is 1.00. The molecular formula is C17H36OS. The highest BCUT2D eigenvalue weighted by Gasteiger charge is 1.93. The summed E-state index contributed by atoms with van der Waals surface area (Å²) in [6.07, 6.45) is 17.5. The van der Waals surface area contributed by atoms with Gasteiger partial charge in [-0.2, -0.15) is 12.6 Å². The molecular weight excluding hydrogens is 252 g/mol. The molecule has 0 saturated carbocycles. The average molecular weight is 289 g/mol. The van der Waals surface area contributed by atoms with Crippen molar-refractivity contribution in [1.29, 1.82) is 0 Å². The highest BCUT2D eigenvalue weighted by molar-refractivity contribution is 7.80. The number of ether oxygens (including phenoxy) is 1. The molecule has 0 aromatic rings. The number of hydrogen-bond donors (Lipinski definition) is 1. The summed E-state index contributed by atoms with van der Waals surface area (Å²) in [6, 6.07) is 0. The van der Waals surface area contributed by atoms with Crippen LogP contribution in [0.15, 0.2) is 0 Å². The topological polar surface area (TPSA) is 9.23 Å². The Morgan fingerprint density at radius 3 is 1.47 bits per heavy atom. The predicted octanol–water partition coefficient (Wildman–Crippen LogP) is 6.02. The SMILES string of the molecule is CCCCCCCCOCCCCCCCCCS. The number of rotatable bonds is 16. The van der Waals surface area contributed by atoms with Crippen LogP contribution in [-0.2, 0) is 4.74 Å². The lowest BCUT2D eigenvalue weighted by molar-refractivity contribution is 0.125. The first-order valence-electron chi connectivity index (χ1n) is 8.60. The molecule has 0 amide bonds. The quantitative estimate of drug-likeness (QED) is 0.270. The van der Waals surface area contributed by atoms with Gasteiger partial charge in [0, 0.05) is 13.2 Å². The summed E-state index contributed by atoms with van der Waals surface area (Å²) in [5.41, 5.74) is 0. The van der Waals surface area contributed by atoms with Crippen LogP contribution >= 0.6 is 12.6 Å². The van der Waals surface area contributed by atoms with Crippen LogP contribution in [0, 0.1) is 0 Å². The second-order valence-electron chi connectivity index (χ2n) is 5.58. The Balaban J connectivity index is 2.88. The molecule has 0 heterocycles. The molecule has 0 fully saturated rings. The van der Waals surface area contributed by atoms with Gasteiger partial charge in [0.25, 0.3) is 0 Å². The zero-order valence-electron chi connectivity index (χ0n) is 13.2. The molecule has 2 heteroatoms. The van der Waals surface area contributed by atoms with Crippen LogP contribution in [0.3, 0.4) is 0 Å². The monoisotopic (exact) mass is 288 g/mol. The van der Waals surface area contributed by atoms with Gasteiger partial charge in [-0.15, -0.1) is 0 Å². The maximum absolute atomic E-state index is 5.68. The van der Waals surface area contributed by atoms with Crippen LogP contribution in [0.1, 0.15) is 90.4 Å². The molecule has 0 aliphatic heterocycles. The summed E-state index contributed by atoms with van der Waals surface area (Å²) in [7, 11) is 0. The van der Waals surface area contributed by atoms with Gasteiger partial charge in [0.15, 0.2) is 0 Å². The van der Waals surface area contributed by atoms with Crippen molar-refractivity contribution in [3.05, 3.63) is 0 Å². The minimum absolute atomic E-state index is 0.978. The molecule has 19 heavy (non-hydrogen) atoms. The van der Waals surface area contributed by atoms with Gasteiger partial charge in [0.2, 0.25) is 0 Å². The maximum Gasteiger partial charge on any atom is 0.0466 e. The molecule has 0 N–H and O–H groups in total. The smallest absolute Gasteiger partial charge is 0.0466 e. The second-order valence-corrected chi connectivity index (χ2v) is 6.03. The molecule has 116 valence electrons. The first-order valence-corrected chi connectivity index (χ1v) is 9.23. The van der Waals surface area contributed by atoms with Gasteiger partial charge >= 0.3 is 0 Å². The van der Waals surface area contributed by atoms with E-state index in [1.807, 2.05) is 0 Å². The summed E-state index contributed by atoms with van der Waals surface area (Å²) < 4.78 is 5.68. The molecule has 0 aliphatic carbocycles. The molecule has 0 atom stereocenters. The summed E-state index contributed by atoms with van der Waals surface area (Å²) in [4.78, 5) is 0. The zero-order chi connectivity index (χ0) is 14.0. The van der Waals surface area contributed by atoms with Gasteiger partial charge in [-0.1, -0.05) is 71.1 Å². The zero-order valence-corrected chi connectivity index (χ0v) is 14.1. The van der Waals surface area contributed by atoms with E-state index in [-0.39, 0.29) is 0 Å². The average Bonchev–Trinajstić information content (AvgIpc) is 2.43. The summed E-state index contributed by atoms with van der Waals surface area (Å²) in [6.45, 7) is 4.23. The molecule has 0 radical (unpaired) electrons. The van der Waals surface area contributed by atoms with Gasteiger partial charge in [0.05, 0.1) is 0 Å². The molecule has 0 rings (SSSR count). The number of unbranched alkanes of at least 4 members (excludes halogenated alkanes) is 11. The largest absolute Gasteiger partial charge is 0.381 e. The van der Waals surface area contributed by atoms with Crippen molar-refractivity contribution < 1.29 is 4.74 Å². The third kappa shape index (κ3) is 18.3. The van der Waals surface area contributed by atoms with Crippen molar-refractivity contribution in [2.45, 2.75) is 90.4 Å². The lowest BCUT2D eigenvalue weighted by Gasteiger charge is -2.04. The Hall–Kier alpha value is 0.310. The first-order chi connectivity index (χ1) is 9.41. The van der Waals surface area contributed by atoms with E-state index < -0.39 is 0 Å². The normalized spacial score (nSPS) is 11.1. The van der Waals surface area contributed by atoms with E-state index in [1.165, 1.54) is 83.5 Å². The lowest BCUT2D eigenvalue weighted by Crippen LogP contribution is -1.97. The van der Waals surface area contributed by atoms with Gasteiger partial charge < -0.3 is 4.74 Å². The molecule has 0 unspecified atom stereocenters. The van der Waals surface area contributed by atoms with Crippen LogP contribution in [-0.4, -0.2) is 19.0 Å². The van der Waals surface area contributed by atoms with Crippen molar-refractivity contribution in [3.63, 3.8) is 0 Å². The Morgan fingerprint density at radius 1 is 0.579 bits per heavy atom. The fourth-order valence-corrected chi connectivity index (χ4v) is 2.51. The van der Waals surface area contributed by atoms with Crippen molar-refractivity contribution in [2.24, 2.45) is 0 Å². The second kappa shape index (κ2) is 18.3. The van der Waals surface area contributed by atoms with Gasteiger partial charge in [-0.05, 0) is 25.0 Å². The van der Waals surface area contributed by atoms with Crippen molar-refractivity contribution >= 4 is 12.6 Å². The Morgan fingerprint density at radius 2 is 1.00 bits per heavy atom. The number of hydrogen-bond acceptors (Lipinski definition) is 2. The van der Waals surface area contributed by atoms with Gasteiger partial charge in [-0.3, -0.25) is 0 Å². The number of thiol groups is 1. The summed E-state index contributed by atoms with van der Waals surface area (Å²) in [5, 5.41) is 0. The molecule has 0 aromatic heterocycles. The minimum Gasteiger partial charge on any atom is -0.381 e. The van der Waals surface area contributed by atoms with Crippen molar-refractivity contribution in [1.82, 2.24) is 0 Å². The van der Waals surface area contributed by atoms with E-state index in [4.69, 9.17) is 4.74 Å². The van der Waals surface area contributed by atoms with Crippen LogP contribution in [0.25, 0.3) is 0 Å². The van der Waals surface area contributed by atoms with E-state index in [9.17, 15) is 0 Å². The van der Waals surface area contributed by atoms with Crippen LogP contribution in [0.2, 0.25) is 0 Å². The summed E-state index contributed by atoms with van der Waals surface area (Å²) >= 11 is 4.23. The molecule has 0 aromatic carbocycles. The fourth-order valence-electron chi connectivity index (χ4n) is 2.29. The first kappa shape index (κ1) is 19.3. The Bertz CT molecular complexity index is 134. The maximum atomic E-state index is 5.68. The Kier molecular flexibility index (Phi) is 18.6. The van der Waals surface area contributed by atoms with Crippen LogP contribution in [0.5, 0.6) is 0 Å². The minimum atomic E-state index is 0.978. The van der Waals surface area contributed by atoms with E-state index >= 15 is 0 Å². The van der Waals surface area contributed by atoms with Gasteiger partial charge in [-0.25, -0.2) is 0 Å². The van der Waals surface area contributed by atoms with Crippen molar-refractivity contribution in [2.75, 3.05) is 19.0 Å². The highest BCUT2D eigenvalue weighted by Crippen LogP contribution is 2.08. The van der Waals surface area contributed by atoms with Gasteiger partial charge in [0.1, 0.15) is 0 Å². The standard InChI is InChI=1S/C17H36OS/c1-2-3-4-5-9-12-15-18-16-13-10-7-6-8-11-14-17-19/h19H,2-17H2,1H3. The third-order valence-electron chi connectivity index (χ3n) is 3.59. The van der Waals surface area contributed by atoms with E-state index in [0.717, 1.165) is 19.0 Å². The van der Waals surface area contributed by atoms with Crippen LogP contribution < -0.4 is 0 Å².